The van der Waals surface area contributed by atoms with Crippen LogP contribution >= 0.6 is 0 Å². The zero-order valence-electron chi connectivity index (χ0n) is 17.6. The van der Waals surface area contributed by atoms with Crippen molar-refractivity contribution in [2.24, 2.45) is 0 Å². The number of aryl methyl sites for hydroxylation is 1. The average molecular weight is 417 g/mol. The predicted molar refractivity (Wildman–Crippen MR) is 126 cm³/mol. The molecular weight excluding hydrogens is 388 g/mol. The van der Waals surface area contributed by atoms with E-state index in [-0.39, 0.29) is 12.5 Å². The van der Waals surface area contributed by atoms with E-state index in [0.717, 1.165) is 24.3 Å². The topological polar surface area (TPSA) is 59.6 Å². The Balaban J connectivity index is 1.49. The Morgan fingerprint density at radius 2 is 1.48 bits per heavy atom. The number of para-hydroxylation sites is 4. The van der Waals surface area contributed by atoms with Crippen LogP contribution in [0.5, 0.6) is 11.5 Å². The predicted octanol–water partition coefficient (Wildman–Crippen LogP) is 5.31. The smallest absolute Gasteiger partial charge is 0.243 e. The van der Waals surface area contributed by atoms with Crippen molar-refractivity contribution in [1.82, 2.24) is 0 Å². The third-order valence-electron chi connectivity index (χ3n) is 4.55. The number of hydrogen-bond donors (Lipinski definition) is 2. The first-order chi connectivity index (χ1) is 15.3. The number of benzene rings is 3. The average Bonchev–Trinajstić information content (AvgIpc) is 2.81. The van der Waals surface area contributed by atoms with Gasteiger partial charge >= 0.3 is 0 Å². The summed E-state index contributed by atoms with van der Waals surface area (Å²) in [6.45, 7) is 4.74. The fourth-order valence-electron chi connectivity index (χ4n) is 3.06. The fourth-order valence-corrected chi connectivity index (χ4v) is 3.06. The van der Waals surface area contributed by atoms with Crippen molar-refractivity contribution in [1.29, 1.82) is 0 Å². The summed E-state index contributed by atoms with van der Waals surface area (Å²) in [5, 5.41) is 6.04. The molecule has 5 nitrogen and oxygen atoms in total. The molecule has 1 amide bonds. The van der Waals surface area contributed by atoms with Gasteiger partial charge in [-0.1, -0.05) is 67.3 Å². The molecule has 2 N–H and O–H groups in total. The van der Waals surface area contributed by atoms with E-state index in [1.807, 2.05) is 60.7 Å². The molecule has 0 atom stereocenters. The van der Waals surface area contributed by atoms with E-state index in [1.54, 1.807) is 12.1 Å². The molecule has 5 heteroatoms. The van der Waals surface area contributed by atoms with Crippen LogP contribution in [0.25, 0.3) is 0 Å². The van der Waals surface area contributed by atoms with E-state index in [4.69, 9.17) is 9.47 Å². The molecule has 0 heterocycles. The first-order valence-corrected chi connectivity index (χ1v) is 10.4. The molecule has 0 aliphatic rings. The van der Waals surface area contributed by atoms with Gasteiger partial charge < -0.3 is 20.1 Å². The maximum absolute atomic E-state index is 12.5. The van der Waals surface area contributed by atoms with Gasteiger partial charge in [0.25, 0.3) is 0 Å². The largest absolute Gasteiger partial charge is 0.491 e. The fraction of sp³-hybridized carbons (Fsp3) is 0.192. The maximum atomic E-state index is 12.5. The molecule has 3 rings (SSSR count). The number of nitrogens with one attached hydrogen (secondary N) is 2. The van der Waals surface area contributed by atoms with Crippen molar-refractivity contribution < 1.29 is 14.3 Å². The Kier molecular flexibility index (Phi) is 8.56. The second kappa shape index (κ2) is 12.1. The molecule has 31 heavy (non-hydrogen) atoms. The van der Waals surface area contributed by atoms with Crippen LogP contribution in [0.2, 0.25) is 0 Å². The molecule has 0 aliphatic heterocycles. The van der Waals surface area contributed by atoms with Gasteiger partial charge in [0.1, 0.15) is 18.1 Å². The van der Waals surface area contributed by atoms with Crippen LogP contribution in [0.4, 0.5) is 11.4 Å². The third-order valence-corrected chi connectivity index (χ3v) is 4.55. The van der Waals surface area contributed by atoms with E-state index in [1.165, 1.54) is 5.56 Å². The van der Waals surface area contributed by atoms with Crippen molar-refractivity contribution in [2.75, 3.05) is 30.4 Å². The molecule has 3 aromatic rings. The van der Waals surface area contributed by atoms with Crippen molar-refractivity contribution in [3.05, 3.63) is 97.1 Å². The normalized spacial score (nSPS) is 10.2. The lowest BCUT2D eigenvalue weighted by Gasteiger charge is -2.14. The van der Waals surface area contributed by atoms with Crippen molar-refractivity contribution in [2.45, 2.75) is 12.8 Å². The number of carbonyl (C=O) groups is 1. The van der Waals surface area contributed by atoms with Gasteiger partial charge in [-0.3, -0.25) is 4.79 Å². The molecule has 0 aromatic heterocycles. The first kappa shape index (κ1) is 22.0. The van der Waals surface area contributed by atoms with Crippen LogP contribution < -0.4 is 20.1 Å². The first-order valence-electron chi connectivity index (χ1n) is 10.4. The Hall–Kier alpha value is -3.73. The quantitative estimate of drug-likeness (QED) is 0.310. The number of amides is 1. The molecule has 0 fully saturated rings. The van der Waals surface area contributed by atoms with E-state index in [9.17, 15) is 4.79 Å². The van der Waals surface area contributed by atoms with Crippen molar-refractivity contribution in [3.63, 3.8) is 0 Å². The van der Waals surface area contributed by atoms with Gasteiger partial charge in [-0.15, -0.1) is 0 Å². The van der Waals surface area contributed by atoms with Gasteiger partial charge in [-0.05, 0) is 42.7 Å². The molecule has 0 spiro atoms. The van der Waals surface area contributed by atoms with Gasteiger partial charge in [0.05, 0.1) is 24.5 Å². The van der Waals surface area contributed by atoms with Gasteiger partial charge in [-0.25, -0.2) is 0 Å². The van der Waals surface area contributed by atoms with E-state index >= 15 is 0 Å². The summed E-state index contributed by atoms with van der Waals surface area (Å²) < 4.78 is 11.5. The minimum atomic E-state index is -0.173. The number of anilines is 2. The van der Waals surface area contributed by atoms with E-state index in [2.05, 4.69) is 29.3 Å². The van der Waals surface area contributed by atoms with Gasteiger partial charge in [0.15, 0.2) is 0 Å². The second-order valence-electron chi connectivity index (χ2n) is 6.93. The number of ether oxygens (including phenoxy) is 2. The lowest BCUT2D eigenvalue weighted by molar-refractivity contribution is -0.114. The Bertz CT molecular complexity index is 973. The summed E-state index contributed by atoms with van der Waals surface area (Å²) in [6, 6.07) is 25.3. The van der Waals surface area contributed by atoms with Gasteiger partial charge in [0.2, 0.25) is 5.91 Å². The van der Waals surface area contributed by atoms with Crippen LogP contribution in [0.1, 0.15) is 12.0 Å². The van der Waals surface area contributed by atoms with Crippen LogP contribution in [0.15, 0.2) is 91.5 Å². The highest BCUT2D eigenvalue weighted by Crippen LogP contribution is 2.25. The standard InChI is InChI=1S/C26H28N2O3/c1-2-18-30-25-17-9-7-15-23(25)28-26(29)20-27-22-14-6-8-16-24(22)31-19-10-13-21-11-4-3-5-12-21/h2-9,11-12,14-17,27H,1,10,13,18-20H2,(H,28,29). The zero-order valence-corrected chi connectivity index (χ0v) is 17.6. The third kappa shape index (κ3) is 7.23. The molecule has 0 bridgehead atoms. The highest BCUT2D eigenvalue weighted by atomic mass is 16.5. The summed E-state index contributed by atoms with van der Waals surface area (Å²) in [4.78, 5) is 12.5. The molecule has 0 saturated heterocycles. The van der Waals surface area contributed by atoms with Crippen LogP contribution in [-0.2, 0) is 11.2 Å². The summed E-state index contributed by atoms with van der Waals surface area (Å²) in [5.41, 5.74) is 2.71. The molecular formula is C26H28N2O3. The van der Waals surface area contributed by atoms with E-state index < -0.39 is 0 Å². The monoisotopic (exact) mass is 416 g/mol. The summed E-state index contributed by atoms with van der Waals surface area (Å²) >= 11 is 0. The zero-order chi connectivity index (χ0) is 21.7. The Morgan fingerprint density at radius 3 is 2.23 bits per heavy atom. The van der Waals surface area contributed by atoms with Gasteiger partial charge in [-0.2, -0.15) is 0 Å². The Labute approximate surface area is 183 Å². The maximum Gasteiger partial charge on any atom is 0.243 e. The molecule has 3 aromatic carbocycles. The number of hydrogen-bond acceptors (Lipinski definition) is 4. The van der Waals surface area contributed by atoms with Gasteiger partial charge in [0, 0.05) is 0 Å². The lowest BCUT2D eigenvalue weighted by atomic mass is 10.1. The molecule has 0 unspecified atom stereocenters. The van der Waals surface area contributed by atoms with Crippen LogP contribution in [0, 0.1) is 0 Å². The van der Waals surface area contributed by atoms with Crippen LogP contribution in [0.3, 0.4) is 0 Å². The minimum absolute atomic E-state index is 0.111. The van der Waals surface area contributed by atoms with Crippen molar-refractivity contribution >= 4 is 17.3 Å². The molecule has 0 saturated carbocycles. The van der Waals surface area contributed by atoms with E-state index in [0.29, 0.717) is 24.7 Å². The number of carbonyl (C=O) groups excluding carboxylic acids is 1. The summed E-state index contributed by atoms with van der Waals surface area (Å²) in [7, 11) is 0. The van der Waals surface area contributed by atoms with Crippen molar-refractivity contribution in [3.8, 4) is 11.5 Å². The molecule has 0 aliphatic carbocycles. The minimum Gasteiger partial charge on any atom is -0.491 e. The summed E-state index contributed by atoms with van der Waals surface area (Å²) in [6.07, 6.45) is 3.55. The highest BCUT2D eigenvalue weighted by molar-refractivity contribution is 5.95. The second-order valence-corrected chi connectivity index (χ2v) is 6.93. The lowest BCUT2D eigenvalue weighted by Crippen LogP contribution is -2.22. The number of rotatable bonds is 12. The molecule has 160 valence electrons. The summed E-state index contributed by atoms with van der Waals surface area (Å²) in [5.74, 6) is 1.17. The SMILES string of the molecule is C=CCOc1ccccc1NC(=O)CNc1ccccc1OCCCc1ccccc1. The van der Waals surface area contributed by atoms with Crippen LogP contribution in [-0.4, -0.2) is 25.7 Å². The highest BCUT2D eigenvalue weighted by Gasteiger charge is 2.09. The molecule has 0 radical (unpaired) electrons. The Morgan fingerprint density at radius 1 is 0.839 bits per heavy atom.